The van der Waals surface area contributed by atoms with E-state index >= 15 is 0 Å². The average Bonchev–Trinajstić information content (AvgIpc) is 2.65. The molecule has 6 nitrogen and oxygen atoms in total. The lowest BCUT2D eigenvalue weighted by Gasteiger charge is -2.10. The van der Waals surface area contributed by atoms with Gasteiger partial charge in [-0.3, -0.25) is 9.59 Å². The van der Waals surface area contributed by atoms with Gasteiger partial charge >= 0.3 is 0 Å². The highest BCUT2D eigenvalue weighted by molar-refractivity contribution is 5.94. The first-order valence-corrected chi connectivity index (χ1v) is 7.77. The lowest BCUT2D eigenvalue weighted by molar-refractivity contribution is 0.0954. The Hall–Kier alpha value is -3.41. The number of aromatic hydroxyl groups is 1. The summed E-state index contributed by atoms with van der Waals surface area (Å²) in [7, 11) is 1.41. The van der Waals surface area contributed by atoms with Crippen molar-refractivity contribution in [2.75, 3.05) is 7.05 Å². The molecule has 0 bridgehead atoms. The topological polar surface area (TPSA) is 95.1 Å². The van der Waals surface area contributed by atoms with Crippen LogP contribution in [0.25, 0.3) is 11.1 Å². The smallest absolute Gasteiger partial charge is 0.293 e. The molecule has 6 heteroatoms. The van der Waals surface area contributed by atoms with E-state index in [9.17, 15) is 14.7 Å². The molecule has 1 amide bonds. The van der Waals surface area contributed by atoms with Gasteiger partial charge in [0.05, 0.1) is 0 Å². The normalized spacial score (nSPS) is 10.4. The van der Waals surface area contributed by atoms with Crippen molar-refractivity contribution in [3.63, 3.8) is 0 Å². The zero-order chi connectivity index (χ0) is 17.8. The van der Waals surface area contributed by atoms with Crippen LogP contribution in [0.1, 0.15) is 21.9 Å². The molecule has 0 aliphatic heterocycles. The lowest BCUT2D eigenvalue weighted by Crippen LogP contribution is -2.24. The third-order valence-electron chi connectivity index (χ3n) is 3.85. The van der Waals surface area contributed by atoms with Crippen molar-refractivity contribution in [1.29, 1.82) is 0 Å². The quantitative estimate of drug-likeness (QED) is 0.680. The van der Waals surface area contributed by atoms with Gasteiger partial charge in [0.15, 0.2) is 5.69 Å². The first-order chi connectivity index (χ1) is 12.1. The van der Waals surface area contributed by atoms with Crippen molar-refractivity contribution in [2.24, 2.45) is 0 Å². The van der Waals surface area contributed by atoms with Gasteiger partial charge in [-0.15, -0.1) is 0 Å². The molecule has 3 aromatic rings. The molecule has 0 radical (unpaired) electrons. The van der Waals surface area contributed by atoms with Gasteiger partial charge in [0.25, 0.3) is 11.5 Å². The molecule has 0 aliphatic carbocycles. The van der Waals surface area contributed by atoms with Crippen LogP contribution < -0.4 is 10.9 Å². The third-order valence-corrected chi connectivity index (χ3v) is 3.85. The molecule has 1 heterocycles. The number of benzene rings is 2. The maximum atomic E-state index is 11.9. The Balaban J connectivity index is 2.03. The van der Waals surface area contributed by atoms with E-state index in [0.717, 1.165) is 16.7 Å². The van der Waals surface area contributed by atoms with Crippen molar-refractivity contribution in [2.45, 2.75) is 6.42 Å². The van der Waals surface area contributed by atoms with Crippen LogP contribution in [-0.4, -0.2) is 28.0 Å². The van der Waals surface area contributed by atoms with E-state index in [2.05, 4.69) is 15.3 Å². The number of hydrogen-bond donors (Lipinski definition) is 3. The summed E-state index contributed by atoms with van der Waals surface area (Å²) in [6.07, 6.45) is 0.324. The van der Waals surface area contributed by atoms with Crippen molar-refractivity contribution in [1.82, 2.24) is 15.3 Å². The molecule has 2 aromatic carbocycles. The Morgan fingerprint density at radius 1 is 1.12 bits per heavy atom. The third kappa shape index (κ3) is 3.42. The van der Waals surface area contributed by atoms with Crippen LogP contribution in [0.5, 0.6) is 5.75 Å². The Morgan fingerprint density at radius 3 is 2.52 bits per heavy atom. The van der Waals surface area contributed by atoms with E-state index in [1.54, 1.807) is 0 Å². The zero-order valence-electron chi connectivity index (χ0n) is 13.6. The van der Waals surface area contributed by atoms with Gasteiger partial charge in [-0.05, 0) is 16.7 Å². The number of carbonyl (C=O) groups is 1. The van der Waals surface area contributed by atoms with Crippen LogP contribution in [0.2, 0.25) is 0 Å². The van der Waals surface area contributed by atoms with E-state index in [1.165, 1.54) is 7.05 Å². The van der Waals surface area contributed by atoms with E-state index in [0.29, 0.717) is 12.2 Å². The molecule has 1 aromatic heterocycles. The molecular weight excluding hydrogens is 318 g/mol. The predicted molar refractivity (Wildman–Crippen MR) is 94.6 cm³/mol. The van der Waals surface area contributed by atoms with Crippen LogP contribution in [0, 0.1) is 0 Å². The van der Waals surface area contributed by atoms with Gasteiger partial charge in [0.1, 0.15) is 5.82 Å². The van der Waals surface area contributed by atoms with Crippen molar-refractivity contribution in [3.05, 3.63) is 82.0 Å². The molecule has 0 unspecified atom stereocenters. The molecule has 0 aliphatic rings. The number of H-pyrrole nitrogens is 1. The Morgan fingerprint density at radius 2 is 1.80 bits per heavy atom. The summed E-state index contributed by atoms with van der Waals surface area (Å²) in [6, 6.07) is 17.6. The summed E-state index contributed by atoms with van der Waals surface area (Å²) in [4.78, 5) is 30.3. The molecular formula is C19H17N3O3. The Bertz CT molecular complexity index is 965. The van der Waals surface area contributed by atoms with E-state index < -0.39 is 17.2 Å². The first kappa shape index (κ1) is 16.4. The largest absolute Gasteiger partial charge is 0.501 e. The first-order valence-electron chi connectivity index (χ1n) is 7.77. The molecule has 126 valence electrons. The highest BCUT2D eigenvalue weighted by Gasteiger charge is 2.17. The SMILES string of the molecule is CNC(=O)c1nc(Cc2ccccc2-c2ccccc2)[nH]c(=O)c1O. The maximum absolute atomic E-state index is 11.9. The number of nitrogens with one attached hydrogen (secondary N) is 2. The minimum absolute atomic E-state index is 0.279. The molecule has 25 heavy (non-hydrogen) atoms. The van der Waals surface area contributed by atoms with Crippen molar-refractivity contribution < 1.29 is 9.90 Å². The molecule has 0 atom stereocenters. The monoisotopic (exact) mass is 335 g/mol. The van der Waals surface area contributed by atoms with E-state index in [1.807, 2.05) is 54.6 Å². The Kier molecular flexibility index (Phi) is 4.61. The van der Waals surface area contributed by atoms with Gasteiger partial charge in [-0.1, -0.05) is 54.6 Å². The summed E-state index contributed by atoms with van der Waals surface area (Å²) >= 11 is 0. The Labute approximate surface area is 144 Å². The zero-order valence-corrected chi connectivity index (χ0v) is 13.6. The second kappa shape index (κ2) is 7.00. The number of amides is 1. The van der Waals surface area contributed by atoms with Gasteiger partial charge in [-0.2, -0.15) is 0 Å². The standard InChI is InChI=1S/C19H17N3O3/c1-20-18(24)16-17(23)19(25)22-15(21-16)11-13-9-5-6-10-14(13)12-7-3-2-4-8-12/h2-10,23H,11H2,1H3,(H,20,24)(H,21,22,25). The number of aromatic nitrogens is 2. The summed E-state index contributed by atoms with van der Waals surface area (Å²) in [5.41, 5.74) is 2.00. The van der Waals surface area contributed by atoms with Crippen LogP contribution in [0.3, 0.4) is 0 Å². The second-order valence-electron chi connectivity index (χ2n) is 5.49. The number of rotatable bonds is 4. The fraction of sp³-hybridized carbons (Fsp3) is 0.105. The molecule has 0 saturated heterocycles. The summed E-state index contributed by atoms with van der Waals surface area (Å²) in [6.45, 7) is 0. The van der Waals surface area contributed by atoms with Crippen molar-refractivity contribution >= 4 is 5.91 Å². The fourth-order valence-corrected chi connectivity index (χ4v) is 2.63. The molecule has 3 N–H and O–H groups in total. The van der Waals surface area contributed by atoms with Crippen LogP contribution in [-0.2, 0) is 6.42 Å². The predicted octanol–water partition coefficient (Wildman–Crippen LogP) is 2.09. The van der Waals surface area contributed by atoms with E-state index in [4.69, 9.17) is 0 Å². The van der Waals surface area contributed by atoms with Crippen molar-refractivity contribution in [3.8, 4) is 16.9 Å². The number of carbonyl (C=O) groups excluding carboxylic acids is 1. The summed E-state index contributed by atoms with van der Waals surface area (Å²) in [5.74, 6) is -0.981. The second-order valence-corrected chi connectivity index (χ2v) is 5.49. The van der Waals surface area contributed by atoms with E-state index in [-0.39, 0.29) is 5.69 Å². The lowest BCUT2D eigenvalue weighted by atomic mass is 9.97. The number of nitrogens with zero attached hydrogens (tertiary/aromatic N) is 1. The van der Waals surface area contributed by atoms with Gasteiger partial charge in [-0.25, -0.2) is 4.98 Å². The molecule has 0 spiro atoms. The minimum atomic E-state index is -0.735. The highest BCUT2D eigenvalue weighted by Crippen LogP contribution is 2.25. The maximum Gasteiger partial charge on any atom is 0.293 e. The number of aromatic amines is 1. The van der Waals surface area contributed by atoms with Crippen LogP contribution >= 0.6 is 0 Å². The molecule has 0 fully saturated rings. The summed E-state index contributed by atoms with van der Waals surface area (Å²) < 4.78 is 0. The van der Waals surface area contributed by atoms with Crippen LogP contribution in [0.4, 0.5) is 0 Å². The molecule has 0 saturated carbocycles. The fourth-order valence-electron chi connectivity index (χ4n) is 2.63. The highest BCUT2D eigenvalue weighted by atomic mass is 16.3. The molecule has 3 rings (SSSR count). The van der Waals surface area contributed by atoms with Crippen LogP contribution in [0.15, 0.2) is 59.4 Å². The number of hydrogen-bond acceptors (Lipinski definition) is 4. The average molecular weight is 335 g/mol. The van der Waals surface area contributed by atoms with Gasteiger partial charge in [0.2, 0.25) is 5.75 Å². The summed E-state index contributed by atoms with van der Waals surface area (Å²) in [5, 5.41) is 12.1. The minimum Gasteiger partial charge on any atom is -0.501 e. The van der Waals surface area contributed by atoms with Gasteiger partial charge in [0, 0.05) is 13.5 Å². The van der Waals surface area contributed by atoms with Gasteiger partial charge < -0.3 is 15.4 Å².